The molecule has 57 heavy (non-hydrogen) atoms. The number of benzene rings is 9. The van der Waals surface area contributed by atoms with Crippen LogP contribution in [0.2, 0.25) is 0 Å². The van der Waals surface area contributed by atoms with Crippen LogP contribution in [0.1, 0.15) is 0 Å². The Labute approximate surface area is 328 Å². The van der Waals surface area contributed by atoms with Gasteiger partial charge in [-0.15, -0.1) is 0 Å². The smallest absolute Gasteiger partial charge is 0.137 e. The number of hydrogen-bond acceptors (Lipinski definition) is 1. The van der Waals surface area contributed by atoms with E-state index in [2.05, 4.69) is 209 Å². The van der Waals surface area contributed by atoms with Gasteiger partial charge in [0.1, 0.15) is 11.2 Å². The standard InChI is InChI=1S/C54H34N2O/c1-3-13-35(14-4-1)36-25-29-40(30-26-36)55-48-31-27-39(34-46(48)43-20-11-19-41(54(43)55)37-15-5-2-6-16-37)38-28-32-49-45(33-38)42-17-7-9-21-47(42)56(49)50-22-12-24-52-53(50)44-18-8-10-23-51(44)57-52/h1-34H. The van der Waals surface area contributed by atoms with Crippen LogP contribution in [0, 0.1) is 0 Å². The van der Waals surface area contributed by atoms with Gasteiger partial charge in [-0.25, -0.2) is 0 Å². The van der Waals surface area contributed by atoms with E-state index in [1.54, 1.807) is 0 Å². The Morgan fingerprint density at radius 3 is 1.63 bits per heavy atom. The van der Waals surface area contributed by atoms with Crippen LogP contribution >= 0.6 is 0 Å². The van der Waals surface area contributed by atoms with Gasteiger partial charge in [0.2, 0.25) is 0 Å². The molecule has 266 valence electrons. The Balaban J connectivity index is 1.06. The quantitative estimate of drug-likeness (QED) is 0.173. The fraction of sp³-hybridized carbons (Fsp3) is 0. The van der Waals surface area contributed by atoms with Gasteiger partial charge >= 0.3 is 0 Å². The van der Waals surface area contributed by atoms with Gasteiger partial charge in [0, 0.05) is 38.2 Å². The minimum atomic E-state index is 0.895. The maximum atomic E-state index is 6.33. The Hall–Kier alpha value is -7.62. The zero-order valence-corrected chi connectivity index (χ0v) is 30.9. The monoisotopic (exact) mass is 726 g/mol. The first-order valence-corrected chi connectivity index (χ1v) is 19.5. The maximum absolute atomic E-state index is 6.33. The third kappa shape index (κ3) is 4.86. The average molecular weight is 727 g/mol. The molecule has 0 aliphatic rings. The van der Waals surface area contributed by atoms with E-state index in [1.807, 2.05) is 6.07 Å². The van der Waals surface area contributed by atoms with Crippen molar-refractivity contribution in [1.29, 1.82) is 0 Å². The van der Waals surface area contributed by atoms with Crippen LogP contribution in [0.3, 0.4) is 0 Å². The molecule has 0 aliphatic carbocycles. The predicted octanol–water partition coefficient (Wildman–Crippen LogP) is 14.8. The lowest BCUT2D eigenvalue weighted by molar-refractivity contribution is 0.669. The van der Waals surface area contributed by atoms with Crippen LogP contribution in [-0.4, -0.2) is 9.13 Å². The van der Waals surface area contributed by atoms with E-state index in [9.17, 15) is 0 Å². The first-order chi connectivity index (χ1) is 28.3. The van der Waals surface area contributed by atoms with Crippen LogP contribution in [0.5, 0.6) is 0 Å². The molecule has 0 N–H and O–H groups in total. The molecule has 0 saturated heterocycles. The highest BCUT2D eigenvalue weighted by Crippen LogP contribution is 2.42. The second-order valence-corrected chi connectivity index (χ2v) is 14.9. The van der Waals surface area contributed by atoms with Crippen molar-refractivity contribution < 1.29 is 4.42 Å². The van der Waals surface area contributed by atoms with Gasteiger partial charge in [-0.3, -0.25) is 0 Å². The van der Waals surface area contributed by atoms with Crippen LogP contribution < -0.4 is 0 Å². The Morgan fingerprint density at radius 2 is 0.860 bits per heavy atom. The van der Waals surface area contributed by atoms with E-state index in [1.165, 1.54) is 77.0 Å². The van der Waals surface area contributed by atoms with Gasteiger partial charge < -0.3 is 13.6 Å². The van der Waals surface area contributed by atoms with E-state index < -0.39 is 0 Å². The Morgan fingerprint density at radius 1 is 0.316 bits per heavy atom. The summed E-state index contributed by atoms with van der Waals surface area (Å²) in [6, 6.07) is 74.5. The summed E-state index contributed by atoms with van der Waals surface area (Å²) >= 11 is 0. The largest absolute Gasteiger partial charge is 0.456 e. The molecule has 0 bridgehead atoms. The molecule has 3 heterocycles. The molecule has 0 spiro atoms. The second-order valence-electron chi connectivity index (χ2n) is 14.9. The van der Waals surface area contributed by atoms with E-state index >= 15 is 0 Å². The molecule has 3 heteroatoms. The highest BCUT2D eigenvalue weighted by atomic mass is 16.3. The number of rotatable bonds is 5. The normalized spacial score (nSPS) is 11.9. The SMILES string of the molecule is c1ccc(-c2ccc(-n3c4ccc(-c5ccc6c(c5)c5ccccc5n6-c5cccc6oc7ccccc7c56)cc4c4cccc(-c5ccccc5)c43)cc2)cc1. The fourth-order valence-electron chi connectivity index (χ4n) is 9.16. The number of fused-ring (bicyclic) bond motifs is 9. The minimum absolute atomic E-state index is 0.895. The molecule has 0 atom stereocenters. The molecule has 9 aromatic carbocycles. The van der Waals surface area contributed by atoms with Crippen molar-refractivity contribution in [3.05, 3.63) is 206 Å². The second kappa shape index (κ2) is 12.5. The first kappa shape index (κ1) is 31.7. The molecule has 0 fully saturated rings. The third-order valence-corrected chi connectivity index (χ3v) is 11.7. The molecule has 0 aliphatic heterocycles. The van der Waals surface area contributed by atoms with Crippen molar-refractivity contribution in [3.8, 4) is 44.8 Å². The topological polar surface area (TPSA) is 23.0 Å². The van der Waals surface area contributed by atoms with E-state index in [-0.39, 0.29) is 0 Å². The molecule has 0 unspecified atom stereocenters. The Kier molecular flexibility index (Phi) is 6.93. The molecule has 0 amide bonds. The summed E-state index contributed by atoms with van der Waals surface area (Å²) in [5.74, 6) is 0. The van der Waals surface area contributed by atoms with Gasteiger partial charge in [0.05, 0.1) is 33.1 Å². The van der Waals surface area contributed by atoms with Crippen LogP contribution in [0.15, 0.2) is 211 Å². The van der Waals surface area contributed by atoms with Gasteiger partial charge in [-0.05, 0) is 88.5 Å². The Bertz CT molecular complexity index is 3490. The summed E-state index contributed by atoms with van der Waals surface area (Å²) < 4.78 is 11.2. The van der Waals surface area contributed by atoms with Crippen LogP contribution in [0.25, 0.3) is 110 Å². The molecule has 12 aromatic rings. The van der Waals surface area contributed by atoms with E-state index in [4.69, 9.17) is 4.42 Å². The summed E-state index contributed by atoms with van der Waals surface area (Å²) in [6.07, 6.45) is 0. The molecule has 3 aromatic heterocycles. The third-order valence-electron chi connectivity index (χ3n) is 11.7. The first-order valence-electron chi connectivity index (χ1n) is 19.5. The molecule has 0 radical (unpaired) electrons. The van der Waals surface area contributed by atoms with Crippen molar-refractivity contribution in [3.63, 3.8) is 0 Å². The number of nitrogens with zero attached hydrogens (tertiary/aromatic N) is 2. The number of aromatic nitrogens is 2. The van der Waals surface area contributed by atoms with Crippen molar-refractivity contribution in [2.45, 2.75) is 0 Å². The molecule has 12 rings (SSSR count). The van der Waals surface area contributed by atoms with Gasteiger partial charge in [-0.1, -0.05) is 146 Å². The van der Waals surface area contributed by atoms with Crippen molar-refractivity contribution in [2.24, 2.45) is 0 Å². The average Bonchev–Trinajstić information content (AvgIpc) is 3.94. The van der Waals surface area contributed by atoms with Gasteiger partial charge in [0.15, 0.2) is 0 Å². The minimum Gasteiger partial charge on any atom is -0.456 e. The van der Waals surface area contributed by atoms with Crippen LogP contribution in [0.4, 0.5) is 0 Å². The summed E-state index contributed by atoms with van der Waals surface area (Å²) in [5, 5.41) is 7.17. The van der Waals surface area contributed by atoms with Gasteiger partial charge in [-0.2, -0.15) is 0 Å². The van der Waals surface area contributed by atoms with Crippen LogP contribution in [-0.2, 0) is 0 Å². The van der Waals surface area contributed by atoms with E-state index in [0.717, 1.165) is 33.3 Å². The highest BCUT2D eigenvalue weighted by molar-refractivity contribution is 6.17. The molecule has 3 nitrogen and oxygen atoms in total. The lowest BCUT2D eigenvalue weighted by Gasteiger charge is -2.13. The molecular formula is C54H34N2O. The summed E-state index contributed by atoms with van der Waals surface area (Å²) in [5.41, 5.74) is 16.0. The number of hydrogen-bond donors (Lipinski definition) is 0. The summed E-state index contributed by atoms with van der Waals surface area (Å²) in [7, 11) is 0. The highest BCUT2D eigenvalue weighted by Gasteiger charge is 2.20. The number of para-hydroxylation sites is 3. The maximum Gasteiger partial charge on any atom is 0.137 e. The predicted molar refractivity (Wildman–Crippen MR) is 239 cm³/mol. The number of furan rings is 1. The fourth-order valence-corrected chi connectivity index (χ4v) is 9.16. The molecule has 0 saturated carbocycles. The lowest BCUT2D eigenvalue weighted by atomic mass is 9.99. The molecular weight excluding hydrogens is 693 g/mol. The van der Waals surface area contributed by atoms with Crippen molar-refractivity contribution >= 4 is 65.6 Å². The van der Waals surface area contributed by atoms with E-state index in [0.29, 0.717) is 0 Å². The van der Waals surface area contributed by atoms with Crippen molar-refractivity contribution in [1.82, 2.24) is 9.13 Å². The van der Waals surface area contributed by atoms with Gasteiger partial charge in [0.25, 0.3) is 0 Å². The van der Waals surface area contributed by atoms with Crippen molar-refractivity contribution in [2.75, 3.05) is 0 Å². The summed E-state index contributed by atoms with van der Waals surface area (Å²) in [6.45, 7) is 0. The zero-order chi connectivity index (χ0) is 37.5. The zero-order valence-electron chi connectivity index (χ0n) is 30.9. The lowest BCUT2D eigenvalue weighted by Crippen LogP contribution is -1.95. The summed E-state index contributed by atoms with van der Waals surface area (Å²) in [4.78, 5) is 0.